The minimum atomic E-state index is -1.14. The van der Waals surface area contributed by atoms with Gasteiger partial charge in [0, 0.05) is 19.3 Å². The number of nitrogens with zero attached hydrogens (tertiary/aromatic N) is 1. The topological polar surface area (TPSA) is 102 Å². The Morgan fingerprint density at radius 2 is 1.00 bits per heavy atom. The van der Waals surface area contributed by atoms with Crippen molar-refractivity contribution in [2.24, 2.45) is 0 Å². The smallest absolute Gasteiger partial charge is 0.306 e. The van der Waals surface area contributed by atoms with Crippen LogP contribution in [-0.4, -0.2) is 75.5 Å². The van der Waals surface area contributed by atoms with Crippen molar-refractivity contribution in [1.82, 2.24) is 0 Å². The van der Waals surface area contributed by atoms with Crippen molar-refractivity contribution in [2.45, 2.75) is 180 Å². The molecule has 0 N–H and O–H groups in total. The fourth-order valence-electron chi connectivity index (χ4n) is 6.10. The Labute approximate surface area is 349 Å². The van der Waals surface area contributed by atoms with Crippen LogP contribution in [0.5, 0.6) is 0 Å². The predicted octanol–water partition coefficient (Wildman–Crippen LogP) is 11.0. The maximum atomic E-state index is 12.7. The molecule has 0 aromatic rings. The Kier molecular flexibility index (Phi) is 37.3. The number of quaternary nitrogens is 1. The molecule has 0 rings (SSSR count). The first-order chi connectivity index (χ1) is 27.6. The van der Waals surface area contributed by atoms with Crippen molar-refractivity contribution >= 4 is 17.9 Å². The van der Waals surface area contributed by atoms with Gasteiger partial charge in [-0.15, -0.1) is 0 Å². The monoisotopic (exact) mass is 798 g/mol. The van der Waals surface area contributed by atoms with Crippen molar-refractivity contribution in [1.29, 1.82) is 0 Å². The van der Waals surface area contributed by atoms with Crippen molar-refractivity contribution < 1.29 is 38.2 Å². The number of ether oxygens (including phenoxy) is 3. The van der Waals surface area contributed by atoms with Crippen LogP contribution in [0.3, 0.4) is 0 Å². The molecule has 57 heavy (non-hydrogen) atoms. The maximum absolute atomic E-state index is 12.7. The summed E-state index contributed by atoms with van der Waals surface area (Å²) in [6, 6.07) is -0.736. The van der Waals surface area contributed by atoms with E-state index in [1.165, 1.54) is 64.2 Å². The maximum Gasteiger partial charge on any atom is 0.306 e. The molecule has 0 fully saturated rings. The lowest BCUT2D eigenvalue weighted by molar-refractivity contribution is -0.889. The van der Waals surface area contributed by atoms with E-state index in [0.717, 1.165) is 64.2 Å². The summed E-state index contributed by atoms with van der Waals surface area (Å²) in [6.07, 6.45) is 49.4. The van der Waals surface area contributed by atoms with Gasteiger partial charge in [0.25, 0.3) is 0 Å². The van der Waals surface area contributed by atoms with Crippen LogP contribution in [0.2, 0.25) is 0 Å². The van der Waals surface area contributed by atoms with Crippen LogP contribution < -0.4 is 5.11 Å². The Hall–Kier alpha value is -3.23. The molecule has 0 aliphatic heterocycles. The molecule has 0 aromatic heterocycles. The van der Waals surface area contributed by atoms with Crippen molar-refractivity contribution in [3.8, 4) is 0 Å². The molecule has 8 heteroatoms. The minimum absolute atomic E-state index is 0.0193. The van der Waals surface area contributed by atoms with Gasteiger partial charge < -0.3 is 28.6 Å². The molecule has 2 unspecified atom stereocenters. The highest BCUT2D eigenvalue weighted by Gasteiger charge is 2.25. The summed E-state index contributed by atoms with van der Waals surface area (Å²) < 4.78 is 17.1. The highest BCUT2D eigenvalue weighted by molar-refractivity contribution is 5.70. The molecular weight excluding hydrogens is 715 g/mol. The number of carbonyl (C=O) groups is 3. The third-order valence-corrected chi connectivity index (χ3v) is 9.58. The zero-order chi connectivity index (χ0) is 42.1. The predicted molar refractivity (Wildman–Crippen MR) is 235 cm³/mol. The molecule has 0 heterocycles. The van der Waals surface area contributed by atoms with E-state index in [-0.39, 0.29) is 49.1 Å². The highest BCUT2D eigenvalue weighted by atomic mass is 16.6. The normalized spacial score (nSPS) is 13.6. The van der Waals surface area contributed by atoms with Gasteiger partial charge in [-0.3, -0.25) is 9.59 Å². The summed E-state index contributed by atoms with van der Waals surface area (Å²) in [5, 5.41) is 11.6. The van der Waals surface area contributed by atoms with E-state index >= 15 is 0 Å². The van der Waals surface area contributed by atoms with Gasteiger partial charge in [-0.2, -0.15) is 0 Å². The van der Waals surface area contributed by atoms with Crippen LogP contribution in [-0.2, 0) is 28.6 Å². The van der Waals surface area contributed by atoms with Crippen LogP contribution >= 0.6 is 0 Å². The molecule has 0 aromatic carbocycles. The second-order valence-corrected chi connectivity index (χ2v) is 15.9. The van der Waals surface area contributed by atoms with Crippen LogP contribution in [0.15, 0.2) is 72.9 Å². The molecule has 0 amide bonds. The SMILES string of the molecule is CC/C=C/C/C=C/C/C=C/CCCC(=O)OCC(COCCC(C(=O)[O-])[N+](C)(C)C)OC(=O)CCCCCCCCCCC/C=C/C/C=C/C/C=C/CCCCC. The first kappa shape index (κ1) is 53.8. The van der Waals surface area contributed by atoms with Crippen LogP contribution in [0.4, 0.5) is 0 Å². The lowest BCUT2D eigenvalue weighted by Crippen LogP contribution is -2.55. The number of rotatable bonds is 39. The van der Waals surface area contributed by atoms with E-state index in [1.807, 2.05) is 0 Å². The zero-order valence-electron chi connectivity index (χ0n) is 37.0. The van der Waals surface area contributed by atoms with E-state index in [2.05, 4.69) is 86.8 Å². The third kappa shape index (κ3) is 38.1. The molecular formula is C49H83NO7. The number of allylic oxidation sites excluding steroid dienone is 12. The molecule has 0 saturated carbocycles. The van der Waals surface area contributed by atoms with Gasteiger partial charge in [-0.25, -0.2) is 0 Å². The second-order valence-electron chi connectivity index (χ2n) is 15.9. The van der Waals surface area contributed by atoms with E-state index < -0.39 is 18.1 Å². The Morgan fingerprint density at radius 3 is 1.51 bits per heavy atom. The van der Waals surface area contributed by atoms with Gasteiger partial charge in [-0.1, -0.05) is 145 Å². The number of esters is 2. The molecule has 0 bridgehead atoms. The largest absolute Gasteiger partial charge is 0.544 e. The van der Waals surface area contributed by atoms with Crippen LogP contribution in [0.1, 0.15) is 168 Å². The van der Waals surface area contributed by atoms with E-state index in [4.69, 9.17) is 14.2 Å². The van der Waals surface area contributed by atoms with Gasteiger partial charge in [0.05, 0.1) is 40.3 Å². The fourth-order valence-corrected chi connectivity index (χ4v) is 6.10. The van der Waals surface area contributed by atoms with Crippen LogP contribution in [0, 0.1) is 0 Å². The first-order valence-electron chi connectivity index (χ1n) is 22.5. The molecule has 0 saturated heterocycles. The zero-order valence-corrected chi connectivity index (χ0v) is 37.0. The Morgan fingerprint density at radius 1 is 0.544 bits per heavy atom. The van der Waals surface area contributed by atoms with Gasteiger partial charge in [0.15, 0.2) is 6.10 Å². The van der Waals surface area contributed by atoms with E-state index in [9.17, 15) is 19.5 Å². The average molecular weight is 798 g/mol. The average Bonchev–Trinajstić information content (AvgIpc) is 3.17. The van der Waals surface area contributed by atoms with Crippen molar-refractivity contribution in [3.05, 3.63) is 72.9 Å². The summed E-state index contributed by atoms with van der Waals surface area (Å²) in [5.74, 6) is -1.82. The standard InChI is InChI=1S/C49H83NO7/c1-6-8-10-12-14-16-18-19-20-21-22-23-24-25-26-27-28-30-32-34-36-38-40-48(52)57-45(43-55-42-41-46(49(53)54)50(3,4)5)44-56-47(51)39-37-35-33-31-29-17-15-13-11-9-7-2/h9,11,14-17,19-20,22-23,31,33,45-46H,6-8,10,12-13,18,21,24-30,32,34-44H2,1-5H3/b11-9+,16-14+,17-15+,20-19+,23-22+,33-31+. The Balaban J connectivity index is 4.32. The molecule has 2 atom stereocenters. The molecule has 0 spiro atoms. The number of hydrogen-bond donors (Lipinski definition) is 0. The summed E-state index contributed by atoms with van der Waals surface area (Å²) in [4.78, 5) is 36.8. The van der Waals surface area contributed by atoms with Gasteiger partial charge in [0.2, 0.25) is 0 Å². The third-order valence-electron chi connectivity index (χ3n) is 9.58. The molecule has 0 aliphatic carbocycles. The molecule has 0 radical (unpaired) electrons. The van der Waals surface area contributed by atoms with E-state index in [0.29, 0.717) is 12.8 Å². The van der Waals surface area contributed by atoms with Crippen LogP contribution in [0.25, 0.3) is 0 Å². The highest BCUT2D eigenvalue weighted by Crippen LogP contribution is 2.13. The number of carboxylic acids is 1. The minimum Gasteiger partial charge on any atom is -0.544 e. The summed E-state index contributed by atoms with van der Waals surface area (Å²) in [7, 11) is 5.38. The molecule has 8 nitrogen and oxygen atoms in total. The number of carboxylic acid groups (broad SMARTS) is 1. The van der Waals surface area contributed by atoms with Gasteiger partial charge >= 0.3 is 11.9 Å². The lowest BCUT2D eigenvalue weighted by Gasteiger charge is -2.34. The second kappa shape index (κ2) is 39.6. The fraction of sp³-hybridized carbons (Fsp3) is 0.694. The number of unbranched alkanes of at least 4 members (excludes halogenated alkanes) is 13. The van der Waals surface area contributed by atoms with E-state index in [1.54, 1.807) is 21.1 Å². The number of hydrogen-bond acceptors (Lipinski definition) is 7. The van der Waals surface area contributed by atoms with Gasteiger partial charge in [-0.05, 0) is 77.0 Å². The summed E-state index contributed by atoms with van der Waals surface area (Å²) in [5.41, 5.74) is 0. The van der Waals surface area contributed by atoms with Crippen molar-refractivity contribution in [2.75, 3.05) is 41.0 Å². The number of aliphatic carboxylic acids is 1. The summed E-state index contributed by atoms with van der Waals surface area (Å²) >= 11 is 0. The quantitative estimate of drug-likeness (QED) is 0.0264. The number of carbonyl (C=O) groups excluding carboxylic acids is 3. The molecule has 326 valence electrons. The lowest BCUT2D eigenvalue weighted by atomic mass is 10.1. The van der Waals surface area contributed by atoms with Crippen molar-refractivity contribution in [3.63, 3.8) is 0 Å². The Bertz CT molecular complexity index is 1160. The molecule has 0 aliphatic rings. The van der Waals surface area contributed by atoms with Gasteiger partial charge in [0.1, 0.15) is 12.6 Å². The number of likely N-dealkylation sites (N-methyl/N-ethyl adjacent to an activating group) is 1. The summed E-state index contributed by atoms with van der Waals surface area (Å²) in [6.45, 7) is 4.44. The first-order valence-corrected chi connectivity index (χ1v) is 22.5.